The average molecular weight is 503 g/mol. The van der Waals surface area contributed by atoms with Gasteiger partial charge in [-0.15, -0.1) is 5.54 Å². The van der Waals surface area contributed by atoms with Gasteiger partial charge in [0.2, 0.25) is 0 Å². The number of aldehydes is 1. The quantitative estimate of drug-likeness (QED) is 0.112. The van der Waals surface area contributed by atoms with Crippen LogP contribution >= 0.6 is 0 Å². The molecule has 0 aliphatic carbocycles. The molecule has 180 valence electrons. The van der Waals surface area contributed by atoms with Crippen molar-refractivity contribution in [2.24, 2.45) is 0 Å². The maximum atomic E-state index is 14.9. The van der Waals surface area contributed by atoms with Gasteiger partial charge in [0.1, 0.15) is 20.2 Å². The number of carbonyl (C=O) groups is 1. The normalized spacial score (nSPS) is 12.9. The Morgan fingerprint density at radius 2 is 1.55 bits per heavy atom. The molecule has 0 spiro atoms. The number of carbonyl (C=O) groups excluding carboxylic acids is 1. The fourth-order valence-electron chi connectivity index (χ4n) is 4.45. The van der Waals surface area contributed by atoms with E-state index in [1.807, 2.05) is 41.5 Å². The van der Waals surface area contributed by atoms with Gasteiger partial charge in [-0.05, 0) is 40.2 Å². The molecule has 0 fully saturated rings. The summed E-state index contributed by atoms with van der Waals surface area (Å²) in [6, 6.07) is 4.44. The topological polar surface area (TPSA) is 60.4 Å². The first-order chi connectivity index (χ1) is 15.1. The average Bonchev–Trinajstić information content (AvgIpc) is 2.67. The second-order valence-corrected chi connectivity index (χ2v) is 15.9. The van der Waals surface area contributed by atoms with Crippen molar-refractivity contribution in [2.75, 3.05) is 0 Å². The SMILES string of the molecule is CC(C)[Si](C#Cc1c(F)ccc2cc(C=O)cc(OS(=O)(=O)C(F)(F)F)c12)(C(C)C)C(C)C. The summed E-state index contributed by atoms with van der Waals surface area (Å²) in [6.45, 7) is 12.3. The zero-order valence-electron chi connectivity index (χ0n) is 19.2. The highest BCUT2D eigenvalue weighted by molar-refractivity contribution is 7.88. The third-order valence-corrected chi connectivity index (χ3v) is 13.2. The first-order valence-electron chi connectivity index (χ1n) is 10.3. The maximum absolute atomic E-state index is 14.9. The van der Waals surface area contributed by atoms with Crippen molar-refractivity contribution in [3.63, 3.8) is 0 Å². The molecule has 2 aromatic carbocycles. The highest BCUT2D eigenvalue weighted by Gasteiger charge is 2.49. The summed E-state index contributed by atoms with van der Waals surface area (Å²) in [6.07, 6.45) is 0.329. The fourth-order valence-corrected chi connectivity index (χ4v) is 10.1. The summed E-state index contributed by atoms with van der Waals surface area (Å²) in [4.78, 5) is 11.3. The summed E-state index contributed by atoms with van der Waals surface area (Å²) in [5.74, 6) is 1.20. The minimum Gasteiger partial charge on any atom is -0.375 e. The Bertz CT molecular complexity index is 1200. The van der Waals surface area contributed by atoms with Crippen LogP contribution in [0.25, 0.3) is 10.8 Å². The lowest BCUT2D eigenvalue weighted by atomic mass is 10.0. The molecule has 0 unspecified atom stereocenters. The summed E-state index contributed by atoms with van der Waals surface area (Å²) in [5.41, 5.74) is -2.22. The number of hydrogen-bond acceptors (Lipinski definition) is 4. The van der Waals surface area contributed by atoms with Crippen molar-refractivity contribution in [2.45, 2.75) is 63.7 Å². The Balaban J connectivity index is 2.93. The lowest BCUT2D eigenvalue weighted by Gasteiger charge is -2.38. The lowest BCUT2D eigenvalue weighted by molar-refractivity contribution is -0.0499. The van der Waals surface area contributed by atoms with Gasteiger partial charge in [0.25, 0.3) is 0 Å². The molecule has 0 amide bonds. The van der Waals surface area contributed by atoms with Gasteiger partial charge in [0.15, 0.2) is 5.75 Å². The molecule has 0 aliphatic heterocycles. The third-order valence-electron chi connectivity index (χ3n) is 5.94. The van der Waals surface area contributed by atoms with Crippen LogP contribution in [0.5, 0.6) is 5.75 Å². The largest absolute Gasteiger partial charge is 0.534 e. The van der Waals surface area contributed by atoms with Crippen molar-refractivity contribution in [1.29, 1.82) is 0 Å². The Kier molecular flexibility index (Phi) is 7.71. The number of halogens is 4. The summed E-state index contributed by atoms with van der Waals surface area (Å²) in [5, 5.41) is -0.108. The van der Waals surface area contributed by atoms with Crippen LogP contribution < -0.4 is 4.18 Å². The number of hydrogen-bond donors (Lipinski definition) is 0. The van der Waals surface area contributed by atoms with Gasteiger partial charge in [-0.25, -0.2) is 4.39 Å². The molecule has 0 atom stereocenters. The number of fused-ring (bicyclic) bond motifs is 1. The van der Waals surface area contributed by atoms with E-state index in [2.05, 4.69) is 15.6 Å². The van der Waals surface area contributed by atoms with Crippen molar-refractivity contribution in [3.05, 3.63) is 41.2 Å². The van der Waals surface area contributed by atoms with Crippen molar-refractivity contribution < 1.29 is 35.0 Å². The van der Waals surface area contributed by atoms with Crippen LogP contribution in [-0.4, -0.2) is 28.3 Å². The molecule has 0 N–H and O–H groups in total. The van der Waals surface area contributed by atoms with E-state index in [9.17, 15) is 30.8 Å². The van der Waals surface area contributed by atoms with E-state index in [0.717, 1.165) is 12.1 Å². The standard InChI is InChI=1S/C23H26F4O4SSi/c1-14(2)33(15(3)4,16(5)6)10-9-19-20(24)8-7-18-11-17(13-28)12-21(22(18)19)31-32(29,30)23(25,26)27/h7-8,11-16H,1-6H3. The molecule has 0 aromatic heterocycles. The summed E-state index contributed by atoms with van der Waals surface area (Å²) < 4.78 is 81.6. The third kappa shape index (κ3) is 5.09. The number of alkyl halides is 3. The molecule has 0 aliphatic rings. The van der Waals surface area contributed by atoms with Crippen molar-refractivity contribution in [3.8, 4) is 17.2 Å². The van der Waals surface area contributed by atoms with Crippen molar-refractivity contribution in [1.82, 2.24) is 0 Å². The van der Waals surface area contributed by atoms with Gasteiger partial charge >= 0.3 is 15.6 Å². The second kappa shape index (κ2) is 9.47. The molecule has 4 nitrogen and oxygen atoms in total. The van der Waals surface area contributed by atoms with E-state index in [1.54, 1.807) is 0 Å². The monoisotopic (exact) mass is 502 g/mol. The van der Waals surface area contributed by atoms with Gasteiger partial charge < -0.3 is 4.18 Å². The molecule has 0 heterocycles. The van der Waals surface area contributed by atoms with Gasteiger partial charge in [0, 0.05) is 10.9 Å². The van der Waals surface area contributed by atoms with Crippen LogP contribution in [0.3, 0.4) is 0 Å². The minimum absolute atomic E-state index is 0.128. The Labute approximate surface area is 192 Å². The predicted molar refractivity (Wildman–Crippen MR) is 123 cm³/mol. The van der Waals surface area contributed by atoms with Gasteiger partial charge in [-0.1, -0.05) is 53.5 Å². The highest BCUT2D eigenvalue weighted by Crippen LogP contribution is 2.41. The van der Waals surface area contributed by atoms with Crippen LogP contribution in [0.15, 0.2) is 24.3 Å². The molecule has 10 heteroatoms. The molecule has 0 bridgehead atoms. The molecule has 0 saturated carbocycles. The number of benzene rings is 2. The van der Waals surface area contributed by atoms with E-state index >= 15 is 0 Å². The van der Waals surface area contributed by atoms with Crippen LogP contribution in [0, 0.1) is 17.3 Å². The Hall–Kier alpha value is -2.38. The molecule has 0 radical (unpaired) electrons. The highest BCUT2D eigenvalue weighted by atomic mass is 32.2. The van der Waals surface area contributed by atoms with E-state index in [1.165, 1.54) is 12.1 Å². The van der Waals surface area contributed by atoms with Crippen LogP contribution in [-0.2, 0) is 10.1 Å². The first kappa shape index (κ1) is 26.9. The van der Waals surface area contributed by atoms with Gasteiger partial charge in [-0.2, -0.15) is 21.6 Å². The van der Waals surface area contributed by atoms with Gasteiger partial charge in [-0.3, -0.25) is 4.79 Å². The van der Waals surface area contributed by atoms with E-state index in [0.29, 0.717) is 6.29 Å². The summed E-state index contributed by atoms with van der Waals surface area (Å²) >= 11 is 0. The van der Waals surface area contributed by atoms with Crippen LogP contribution in [0.2, 0.25) is 16.6 Å². The van der Waals surface area contributed by atoms with E-state index in [4.69, 9.17) is 0 Å². The molecule has 33 heavy (non-hydrogen) atoms. The fraction of sp³-hybridized carbons (Fsp3) is 0.435. The lowest BCUT2D eigenvalue weighted by Crippen LogP contribution is -2.43. The van der Waals surface area contributed by atoms with E-state index < -0.39 is 35.3 Å². The predicted octanol–water partition coefficient (Wildman–Crippen LogP) is 6.59. The Morgan fingerprint density at radius 1 is 1.00 bits per heavy atom. The number of rotatable bonds is 6. The van der Waals surface area contributed by atoms with Crippen LogP contribution in [0.1, 0.15) is 57.5 Å². The molecular formula is C23H26F4O4SSi. The minimum atomic E-state index is -6.06. The molecular weight excluding hydrogens is 476 g/mol. The van der Waals surface area contributed by atoms with Crippen molar-refractivity contribution >= 4 is 35.3 Å². The molecule has 2 aromatic rings. The first-order valence-corrected chi connectivity index (χ1v) is 14.0. The molecule has 2 rings (SSSR count). The smallest absolute Gasteiger partial charge is 0.375 e. The van der Waals surface area contributed by atoms with E-state index in [-0.39, 0.29) is 38.5 Å². The zero-order chi connectivity index (χ0) is 25.4. The molecule has 0 saturated heterocycles. The summed E-state index contributed by atoms with van der Waals surface area (Å²) in [7, 11) is -8.41. The van der Waals surface area contributed by atoms with Crippen LogP contribution in [0.4, 0.5) is 17.6 Å². The second-order valence-electron chi connectivity index (χ2n) is 8.79. The zero-order valence-corrected chi connectivity index (χ0v) is 21.0. The Morgan fingerprint density at radius 3 is 2.00 bits per heavy atom. The van der Waals surface area contributed by atoms with Gasteiger partial charge in [0.05, 0.1) is 5.56 Å². The maximum Gasteiger partial charge on any atom is 0.534 e.